The van der Waals surface area contributed by atoms with Crippen molar-refractivity contribution in [3.63, 3.8) is 0 Å². The summed E-state index contributed by atoms with van der Waals surface area (Å²) in [6.45, 7) is 0. The fraction of sp³-hybridized carbons (Fsp3) is 0.125. The second kappa shape index (κ2) is 5.31. The Morgan fingerprint density at radius 1 is 1.31 bits per heavy atom. The highest BCUT2D eigenvalue weighted by Gasteiger charge is 2.12. The minimum absolute atomic E-state index is 0. The zero-order valence-electron chi connectivity index (χ0n) is 6.50. The molecule has 13 heavy (non-hydrogen) atoms. The molecular weight excluding hydrogens is 230 g/mol. The molecule has 0 saturated carbocycles. The van der Waals surface area contributed by atoms with Crippen molar-refractivity contribution in [1.29, 1.82) is 5.26 Å². The Kier molecular flexibility index (Phi) is 5.12. The van der Waals surface area contributed by atoms with Crippen LogP contribution >= 0.6 is 35.6 Å². The second-order valence-corrected chi connectivity index (χ2v) is 3.06. The number of hydrogen-bond donors (Lipinski definition) is 1. The van der Waals surface area contributed by atoms with Crippen LogP contribution in [-0.4, -0.2) is 0 Å². The second-order valence-electron chi connectivity index (χ2n) is 2.24. The van der Waals surface area contributed by atoms with Crippen molar-refractivity contribution >= 4 is 35.6 Å². The number of halogens is 3. The average Bonchev–Trinajstić information content (AvgIpc) is 2.03. The van der Waals surface area contributed by atoms with Gasteiger partial charge >= 0.3 is 0 Å². The predicted octanol–water partition coefficient (Wildman–Crippen LogP) is 2.94. The average molecular weight is 238 g/mol. The van der Waals surface area contributed by atoms with E-state index in [-0.39, 0.29) is 12.4 Å². The molecule has 0 fully saturated rings. The molecular formula is C8H7Cl3N2. The lowest BCUT2D eigenvalue weighted by atomic mass is 10.1. The molecule has 5 heteroatoms. The zero-order valence-corrected chi connectivity index (χ0v) is 8.83. The van der Waals surface area contributed by atoms with E-state index >= 15 is 0 Å². The maximum Gasteiger partial charge on any atom is 0.121 e. The van der Waals surface area contributed by atoms with Crippen molar-refractivity contribution in [2.24, 2.45) is 5.73 Å². The van der Waals surface area contributed by atoms with Gasteiger partial charge in [0.1, 0.15) is 6.04 Å². The van der Waals surface area contributed by atoms with Crippen LogP contribution in [0.5, 0.6) is 0 Å². The molecule has 1 unspecified atom stereocenters. The lowest BCUT2D eigenvalue weighted by molar-refractivity contribution is 0.927. The van der Waals surface area contributed by atoms with Crippen LogP contribution < -0.4 is 5.73 Å². The van der Waals surface area contributed by atoms with E-state index in [4.69, 9.17) is 34.2 Å². The summed E-state index contributed by atoms with van der Waals surface area (Å²) < 4.78 is 0. The highest BCUT2D eigenvalue weighted by atomic mass is 35.5. The van der Waals surface area contributed by atoms with Crippen LogP contribution in [0.25, 0.3) is 0 Å². The summed E-state index contributed by atoms with van der Waals surface area (Å²) in [5.74, 6) is 0. The van der Waals surface area contributed by atoms with E-state index < -0.39 is 6.04 Å². The summed E-state index contributed by atoms with van der Waals surface area (Å²) in [5.41, 5.74) is 5.96. The summed E-state index contributed by atoms with van der Waals surface area (Å²) in [6, 6.07) is 6.13. The number of benzene rings is 1. The summed E-state index contributed by atoms with van der Waals surface area (Å²) in [4.78, 5) is 0. The molecule has 1 rings (SSSR count). The molecule has 0 aromatic heterocycles. The quantitative estimate of drug-likeness (QED) is 0.816. The predicted molar refractivity (Wildman–Crippen MR) is 56.3 cm³/mol. The van der Waals surface area contributed by atoms with E-state index in [0.29, 0.717) is 15.6 Å². The zero-order chi connectivity index (χ0) is 9.14. The number of hydrogen-bond acceptors (Lipinski definition) is 2. The Morgan fingerprint density at radius 3 is 2.15 bits per heavy atom. The molecule has 0 aliphatic heterocycles. The lowest BCUT2D eigenvalue weighted by Gasteiger charge is -2.07. The van der Waals surface area contributed by atoms with Crippen molar-refractivity contribution in [2.45, 2.75) is 6.04 Å². The summed E-state index contributed by atoms with van der Waals surface area (Å²) >= 11 is 11.6. The lowest BCUT2D eigenvalue weighted by Crippen LogP contribution is -2.08. The maximum atomic E-state index is 8.54. The van der Waals surface area contributed by atoms with Crippen molar-refractivity contribution < 1.29 is 0 Å². The highest BCUT2D eigenvalue weighted by Crippen LogP contribution is 2.28. The Balaban J connectivity index is 0.00000144. The molecule has 2 N–H and O–H groups in total. The fourth-order valence-electron chi connectivity index (χ4n) is 0.872. The fourth-order valence-corrected chi connectivity index (χ4v) is 1.50. The molecule has 1 aromatic carbocycles. The Morgan fingerprint density at radius 2 is 1.77 bits per heavy atom. The van der Waals surface area contributed by atoms with Gasteiger partial charge in [0.15, 0.2) is 0 Å². The van der Waals surface area contributed by atoms with Gasteiger partial charge in [0.05, 0.1) is 6.07 Å². The van der Waals surface area contributed by atoms with Gasteiger partial charge in [-0.1, -0.05) is 29.3 Å². The normalized spacial score (nSPS) is 11.2. The smallest absolute Gasteiger partial charge is 0.121 e. The first-order chi connectivity index (χ1) is 5.66. The van der Waals surface area contributed by atoms with Crippen molar-refractivity contribution in [1.82, 2.24) is 0 Å². The molecule has 0 aliphatic rings. The van der Waals surface area contributed by atoms with E-state index in [1.54, 1.807) is 18.2 Å². The van der Waals surface area contributed by atoms with Crippen LogP contribution in [0, 0.1) is 11.3 Å². The Hall–Kier alpha value is -0.460. The third-order valence-corrected chi connectivity index (χ3v) is 2.11. The summed E-state index contributed by atoms with van der Waals surface area (Å²) in [7, 11) is 0. The van der Waals surface area contributed by atoms with Gasteiger partial charge in [-0.3, -0.25) is 0 Å². The third-order valence-electron chi connectivity index (χ3n) is 1.45. The van der Waals surface area contributed by atoms with E-state index in [1.807, 2.05) is 6.07 Å². The van der Waals surface area contributed by atoms with Crippen LogP contribution in [0.4, 0.5) is 0 Å². The first kappa shape index (κ1) is 12.5. The van der Waals surface area contributed by atoms with Gasteiger partial charge in [0.25, 0.3) is 0 Å². The van der Waals surface area contributed by atoms with Gasteiger partial charge < -0.3 is 5.73 Å². The van der Waals surface area contributed by atoms with Crippen LogP contribution in [0.15, 0.2) is 18.2 Å². The maximum absolute atomic E-state index is 8.54. The van der Waals surface area contributed by atoms with Crippen molar-refractivity contribution in [2.75, 3.05) is 0 Å². The molecule has 2 nitrogen and oxygen atoms in total. The van der Waals surface area contributed by atoms with Gasteiger partial charge in [-0.15, -0.1) is 12.4 Å². The van der Waals surface area contributed by atoms with Crippen LogP contribution in [-0.2, 0) is 0 Å². The largest absolute Gasteiger partial charge is 0.312 e. The first-order valence-electron chi connectivity index (χ1n) is 3.26. The number of nitrogens with two attached hydrogens (primary N) is 1. The third kappa shape index (κ3) is 2.75. The number of rotatable bonds is 1. The van der Waals surface area contributed by atoms with Gasteiger partial charge in [-0.25, -0.2) is 0 Å². The molecule has 0 bridgehead atoms. The molecule has 1 aromatic rings. The van der Waals surface area contributed by atoms with E-state index in [1.165, 1.54) is 0 Å². The number of nitriles is 1. The highest BCUT2D eigenvalue weighted by molar-refractivity contribution is 6.36. The first-order valence-corrected chi connectivity index (χ1v) is 4.01. The number of nitrogens with zero attached hydrogens (tertiary/aromatic N) is 1. The minimum atomic E-state index is -0.758. The molecule has 1 atom stereocenters. The minimum Gasteiger partial charge on any atom is -0.312 e. The topological polar surface area (TPSA) is 49.8 Å². The summed E-state index contributed by atoms with van der Waals surface area (Å²) in [6.07, 6.45) is 0. The van der Waals surface area contributed by atoms with E-state index in [9.17, 15) is 0 Å². The molecule has 0 amide bonds. The van der Waals surface area contributed by atoms with Crippen LogP contribution in [0.1, 0.15) is 11.6 Å². The Bertz CT molecular complexity index is 312. The molecule has 0 spiro atoms. The Labute approximate surface area is 92.7 Å². The van der Waals surface area contributed by atoms with Gasteiger partial charge in [0.2, 0.25) is 0 Å². The van der Waals surface area contributed by atoms with E-state index in [0.717, 1.165) is 0 Å². The van der Waals surface area contributed by atoms with Crippen molar-refractivity contribution in [3.05, 3.63) is 33.8 Å². The van der Waals surface area contributed by atoms with Crippen LogP contribution in [0.2, 0.25) is 10.0 Å². The van der Waals surface area contributed by atoms with Gasteiger partial charge in [-0.2, -0.15) is 5.26 Å². The standard InChI is InChI=1S/C8H6Cl2N2.ClH/c9-5-2-1-3-6(10)8(5)7(12)4-11;/h1-3,7H,12H2;1H. The van der Waals surface area contributed by atoms with Gasteiger partial charge in [-0.05, 0) is 12.1 Å². The van der Waals surface area contributed by atoms with Gasteiger partial charge in [0, 0.05) is 15.6 Å². The molecule has 70 valence electrons. The molecule has 0 aliphatic carbocycles. The monoisotopic (exact) mass is 236 g/mol. The van der Waals surface area contributed by atoms with Crippen LogP contribution in [0.3, 0.4) is 0 Å². The SMILES string of the molecule is Cl.N#CC(N)c1c(Cl)cccc1Cl. The van der Waals surface area contributed by atoms with Crippen molar-refractivity contribution in [3.8, 4) is 6.07 Å². The molecule has 0 saturated heterocycles. The molecule has 0 heterocycles. The summed E-state index contributed by atoms with van der Waals surface area (Å²) in [5, 5.41) is 9.40. The molecule has 0 radical (unpaired) electrons. The van der Waals surface area contributed by atoms with E-state index in [2.05, 4.69) is 0 Å².